The van der Waals surface area contributed by atoms with Gasteiger partial charge in [0.15, 0.2) is 0 Å². The van der Waals surface area contributed by atoms with E-state index < -0.39 is 0 Å². The number of rotatable bonds is 8. The number of carbonyl (C=O) groups excluding carboxylic acids is 1. The number of unbranched alkanes of at least 4 members (excludes halogenated alkanes) is 1. The third-order valence-corrected chi connectivity index (χ3v) is 5.26. The van der Waals surface area contributed by atoms with Gasteiger partial charge in [-0.1, -0.05) is 38.5 Å². The highest BCUT2D eigenvalue weighted by Crippen LogP contribution is 2.30. The van der Waals surface area contributed by atoms with Crippen molar-refractivity contribution in [1.29, 1.82) is 0 Å². The number of amides is 1. The molecule has 1 amide bonds. The Morgan fingerprint density at radius 3 is 2.55 bits per heavy atom. The third kappa shape index (κ3) is 5.71. The maximum absolute atomic E-state index is 12.5. The average molecular weight is 333 g/mol. The van der Waals surface area contributed by atoms with Crippen molar-refractivity contribution in [2.45, 2.75) is 57.8 Å². The van der Waals surface area contributed by atoms with Gasteiger partial charge in [0.25, 0.3) is 0 Å². The molecule has 130 valence electrons. The van der Waals surface area contributed by atoms with Crippen LogP contribution >= 0.6 is 12.4 Å². The van der Waals surface area contributed by atoms with Gasteiger partial charge in [-0.25, -0.2) is 0 Å². The number of hydrogen-bond acceptors (Lipinski definition) is 3. The van der Waals surface area contributed by atoms with Crippen molar-refractivity contribution in [3.05, 3.63) is 0 Å². The molecule has 1 saturated heterocycles. The predicted molar refractivity (Wildman–Crippen MR) is 92.5 cm³/mol. The lowest BCUT2D eigenvalue weighted by Gasteiger charge is -2.35. The minimum atomic E-state index is -0.300. The molecule has 0 radical (unpaired) electrons. The lowest BCUT2D eigenvalue weighted by molar-refractivity contribution is -0.136. The Hall–Kier alpha value is -0.320. The first-order chi connectivity index (χ1) is 10.3. The summed E-state index contributed by atoms with van der Waals surface area (Å²) in [7, 11) is 1.69. The quantitative estimate of drug-likeness (QED) is 0.672. The van der Waals surface area contributed by atoms with E-state index in [1.807, 2.05) is 0 Å². The third-order valence-electron chi connectivity index (χ3n) is 5.26. The SMILES string of the molecule is COCC1(C(=O)NCCCCC2CCCC2)CCNCC1.Cl. The first-order valence-electron chi connectivity index (χ1n) is 8.75. The second kappa shape index (κ2) is 10.5. The fourth-order valence-corrected chi connectivity index (χ4v) is 3.87. The molecule has 1 saturated carbocycles. The lowest BCUT2D eigenvalue weighted by atomic mass is 9.78. The van der Waals surface area contributed by atoms with Crippen LogP contribution in [0.4, 0.5) is 0 Å². The number of hydrogen-bond donors (Lipinski definition) is 2. The standard InChI is InChI=1S/C17H32N2O2.ClH/c1-21-14-17(9-12-18-13-10-17)16(20)19-11-5-4-8-15-6-2-3-7-15;/h15,18H,2-14H2,1H3,(H,19,20);1H. The second-order valence-electron chi connectivity index (χ2n) is 6.87. The molecule has 2 fully saturated rings. The minimum absolute atomic E-state index is 0. The number of piperidine rings is 1. The number of carbonyl (C=O) groups is 1. The zero-order valence-electron chi connectivity index (χ0n) is 14.0. The number of halogens is 1. The number of ether oxygens (including phenoxy) is 1. The van der Waals surface area contributed by atoms with Gasteiger partial charge in [-0.3, -0.25) is 4.79 Å². The molecule has 0 aromatic heterocycles. The summed E-state index contributed by atoms with van der Waals surface area (Å²) in [6.07, 6.45) is 11.2. The molecule has 4 nitrogen and oxygen atoms in total. The molecule has 2 aliphatic rings. The molecule has 22 heavy (non-hydrogen) atoms. The normalized spacial score (nSPS) is 21.3. The van der Waals surface area contributed by atoms with Crippen LogP contribution in [0.1, 0.15) is 57.8 Å². The predicted octanol–water partition coefficient (Wildman–Crippen LogP) is 2.90. The highest BCUT2D eigenvalue weighted by Gasteiger charge is 2.39. The molecule has 0 spiro atoms. The maximum Gasteiger partial charge on any atom is 0.228 e. The summed E-state index contributed by atoms with van der Waals surface area (Å²) in [5.41, 5.74) is -0.300. The maximum atomic E-state index is 12.5. The van der Waals surface area contributed by atoms with Gasteiger partial charge in [0, 0.05) is 13.7 Å². The van der Waals surface area contributed by atoms with Crippen molar-refractivity contribution in [3.63, 3.8) is 0 Å². The van der Waals surface area contributed by atoms with E-state index in [2.05, 4.69) is 10.6 Å². The molecule has 2 rings (SSSR count). The molecule has 1 aliphatic carbocycles. The van der Waals surface area contributed by atoms with Crippen LogP contribution in [0.25, 0.3) is 0 Å². The monoisotopic (exact) mass is 332 g/mol. The summed E-state index contributed by atoms with van der Waals surface area (Å²) >= 11 is 0. The van der Waals surface area contributed by atoms with Crippen LogP contribution in [-0.4, -0.2) is 39.3 Å². The Morgan fingerprint density at radius 2 is 1.91 bits per heavy atom. The van der Waals surface area contributed by atoms with Gasteiger partial charge in [0.1, 0.15) is 0 Å². The van der Waals surface area contributed by atoms with Gasteiger partial charge in [-0.2, -0.15) is 0 Å². The van der Waals surface area contributed by atoms with Gasteiger partial charge in [-0.15, -0.1) is 12.4 Å². The molecule has 1 heterocycles. The van der Waals surface area contributed by atoms with Gasteiger partial charge < -0.3 is 15.4 Å². The Labute approximate surface area is 141 Å². The molecular weight excluding hydrogens is 300 g/mol. The molecular formula is C17H33ClN2O2. The van der Waals surface area contributed by atoms with Crippen molar-refractivity contribution < 1.29 is 9.53 Å². The van der Waals surface area contributed by atoms with E-state index >= 15 is 0 Å². The van der Waals surface area contributed by atoms with E-state index in [-0.39, 0.29) is 23.7 Å². The smallest absolute Gasteiger partial charge is 0.228 e. The summed E-state index contributed by atoms with van der Waals surface area (Å²) in [5, 5.41) is 6.48. The molecule has 0 aromatic rings. The van der Waals surface area contributed by atoms with Crippen molar-refractivity contribution in [3.8, 4) is 0 Å². The Balaban J connectivity index is 0.00000242. The first-order valence-corrected chi connectivity index (χ1v) is 8.75. The van der Waals surface area contributed by atoms with Crippen LogP contribution in [-0.2, 0) is 9.53 Å². The van der Waals surface area contributed by atoms with E-state index in [9.17, 15) is 4.79 Å². The van der Waals surface area contributed by atoms with E-state index in [4.69, 9.17) is 4.74 Å². The lowest BCUT2D eigenvalue weighted by Crippen LogP contribution is -2.50. The Morgan fingerprint density at radius 1 is 1.23 bits per heavy atom. The topological polar surface area (TPSA) is 50.4 Å². The van der Waals surface area contributed by atoms with E-state index in [0.29, 0.717) is 6.61 Å². The summed E-state index contributed by atoms with van der Waals surface area (Å²) in [5.74, 6) is 1.16. The van der Waals surface area contributed by atoms with E-state index in [1.165, 1.54) is 38.5 Å². The van der Waals surface area contributed by atoms with Crippen LogP contribution in [0.2, 0.25) is 0 Å². The molecule has 0 atom stereocenters. The largest absolute Gasteiger partial charge is 0.384 e. The fourth-order valence-electron chi connectivity index (χ4n) is 3.87. The number of nitrogens with one attached hydrogen (secondary N) is 2. The second-order valence-corrected chi connectivity index (χ2v) is 6.87. The summed E-state index contributed by atoms with van der Waals surface area (Å²) in [6.45, 7) is 3.20. The Bertz CT molecular complexity index is 308. The molecule has 0 aromatic carbocycles. The summed E-state index contributed by atoms with van der Waals surface area (Å²) < 4.78 is 5.31. The molecule has 2 N–H and O–H groups in total. The highest BCUT2D eigenvalue weighted by atomic mass is 35.5. The molecule has 0 bridgehead atoms. The Kier molecular flexibility index (Phi) is 9.37. The van der Waals surface area contributed by atoms with Gasteiger partial charge in [-0.05, 0) is 38.3 Å². The van der Waals surface area contributed by atoms with Gasteiger partial charge >= 0.3 is 0 Å². The average Bonchev–Trinajstić information content (AvgIpc) is 3.01. The minimum Gasteiger partial charge on any atom is -0.384 e. The van der Waals surface area contributed by atoms with E-state index in [1.54, 1.807) is 7.11 Å². The van der Waals surface area contributed by atoms with Crippen LogP contribution in [0.5, 0.6) is 0 Å². The van der Waals surface area contributed by atoms with Gasteiger partial charge in [0.2, 0.25) is 5.91 Å². The van der Waals surface area contributed by atoms with Crippen molar-refractivity contribution in [1.82, 2.24) is 10.6 Å². The molecule has 0 unspecified atom stereocenters. The zero-order chi connectivity index (χ0) is 15.0. The zero-order valence-corrected chi connectivity index (χ0v) is 14.8. The summed E-state index contributed by atoms with van der Waals surface area (Å²) in [6, 6.07) is 0. The van der Waals surface area contributed by atoms with Gasteiger partial charge in [0.05, 0.1) is 12.0 Å². The van der Waals surface area contributed by atoms with Crippen molar-refractivity contribution >= 4 is 18.3 Å². The first kappa shape index (κ1) is 19.7. The fraction of sp³-hybridized carbons (Fsp3) is 0.941. The molecule has 5 heteroatoms. The van der Waals surface area contributed by atoms with E-state index in [0.717, 1.165) is 44.8 Å². The van der Waals surface area contributed by atoms with Crippen molar-refractivity contribution in [2.75, 3.05) is 33.4 Å². The number of methoxy groups -OCH3 is 1. The van der Waals surface area contributed by atoms with Crippen LogP contribution < -0.4 is 10.6 Å². The van der Waals surface area contributed by atoms with Crippen LogP contribution in [0.3, 0.4) is 0 Å². The highest BCUT2D eigenvalue weighted by molar-refractivity contribution is 5.85. The van der Waals surface area contributed by atoms with Crippen LogP contribution in [0, 0.1) is 11.3 Å². The molecule has 1 aliphatic heterocycles. The van der Waals surface area contributed by atoms with Crippen molar-refractivity contribution in [2.24, 2.45) is 11.3 Å². The van der Waals surface area contributed by atoms with Crippen LogP contribution in [0.15, 0.2) is 0 Å². The summed E-state index contributed by atoms with van der Waals surface area (Å²) in [4.78, 5) is 12.5.